The molecule has 3 unspecified atom stereocenters. The van der Waals surface area contributed by atoms with Gasteiger partial charge in [-0.3, -0.25) is 0 Å². The molecule has 11 heteroatoms. The Morgan fingerprint density at radius 2 is 2.09 bits per heavy atom. The number of hydrogen-bond donors (Lipinski definition) is 1. The lowest BCUT2D eigenvalue weighted by Gasteiger charge is -2.41. The molecule has 7 nitrogen and oxygen atoms in total. The van der Waals surface area contributed by atoms with E-state index in [0.717, 1.165) is 22.4 Å². The van der Waals surface area contributed by atoms with Crippen LogP contribution in [-0.2, 0) is 16.3 Å². The second-order valence-electron chi connectivity index (χ2n) is 8.14. The molecule has 0 radical (unpaired) electrons. The van der Waals surface area contributed by atoms with Gasteiger partial charge < -0.3 is 9.32 Å². The van der Waals surface area contributed by atoms with Crippen LogP contribution in [0.5, 0.6) is 0 Å². The van der Waals surface area contributed by atoms with Gasteiger partial charge in [0.2, 0.25) is 5.89 Å². The molecule has 33 heavy (non-hydrogen) atoms. The Bertz CT molecular complexity index is 1300. The standard InChI is InChI=1S/C22H23BrClFN4O3S/c1-11-5-6-16(25)18(12(11)2)13(3)19(21-26-27-22(30)32-21)29-10-28(4)17-8-15(24)7-14(9-23)20(17)33(29)31/h5-8,13,19H,9-10H2,1-4H3,(H,27,30). The molecule has 0 spiro atoms. The van der Waals surface area contributed by atoms with Crippen LogP contribution in [0.4, 0.5) is 10.1 Å². The first-order chi connectivity index (χ1) is 15.6. The SMILES string of the molecule is Cc1ccc(F)c(C(C)C(c2n[nH]c(=O)o2)N2CN(C)c3cc(Cl)cc(CBr)c3S2=O)c1C. The van der Waals surface area contributed by atoms with Gasteiger partial charge in [-0.05, 0) is 54.3 Å². The summed E-state index contributed by atoms with van der Waals surface area (Å²) in [5, 5.41) is 7.31. The van der Waals surface area contributed by atoms with E-state index in [9.17, 15) is 9.00 Å². The first-order valence-corrected chi connectivity index (χ1v) is 12.8. The summed E-state index contributed by atoms with van der Waals surface area (Å²) in [7, 11) is 0.196. The fraction of sp³-hybridized carbons (Fsp3) is 0.364. The van der Waals surface area contributed by atoms with Crippen molar-refractivity contribution in [1.82, 2.24) is 14.5 Å². The predicted molar refractivity (Wildman–Crippen MR) is 130 cm³/mol. The van der Waals surface area contributed by atoms with E-state index in [2.05, 4.69) is 26.1 Å². The van der Waals surface area contributed by atoms with Crippen molar-refractivity contribution in [3.63, 3.8) is 0 Å². The fourth-order valence-corrected chi connectivity index (χ4v) is 6.94. The van der Waals surface area contributed by atoms with Gasteiger partial charge in [-0.1, -0.05) is 40.5 Å². The van der Waals surface area contributed by atoms with E-state index in [1.54, 1.807) is 22.5 Å². The Kier molecular flexibility index (Phi) is 6.82. The molecule has 1 N–H and O–H groups in total. The van der Waals surface area contributed by atoms with Gasteiger partial charge >= 0.3 is 5.76 Å². The number of halogens is 3. The van der Waals surface area contributed by atoms with Gasteiger partial charge in [0.15, 0.2) is 0 Å². The number of nitrogens with one attached hydrogen (secondary N) is 1. The number of benzene rings is 2. The fourth-order valence-electron chi connectivity index (χ4n) is 4.34. The van der Waals surface area contributed by atoms with Gasteiger partial charge in [0.05, 0.1) is 17.3 Å². The minimum absolute atomic E-state index is 0.0485. The minimum atomic E-state index is -1.66. The molecule has 1 aliphatic rings. The Balaban J connectivity index is 1.89. The number of aromatic nitrogens is 2. The van der Waals surface area contributed by atoms with Gasteiger partial charge in [-0.25, -0.2) is 18.5 Å². The van der Waals surface area contributed by atoms with Gasteiger partial charge in [-0.2, -0.15) is 4.31 Å². The van der Waals surface area contributed by atoms with Gasteiger partial charge in [0, 0.05) is 23.3 Å². The normalized spacial score (nSPS) is 18.3. The number of H-pyrrole nitrogens is 1. The summed E-state index contributed by atoms with van der Waals surface area (Å²) in [6.45, 7) is 5.80. The Morgan fingerprint density at radius 3 is 2.73 bits per heavy atom. The van der Waals surface area contributed by atoms with Crippen LogP contribution in [0.2, 0.25) is 5.02 Å². The number of rotatable bonds is 5. The van der Waals surface area contributed by atoms with E-state index in [-0.39, 0.29) is 18.4 Å². The third kappa shape index (κ3) is 4.29. The molecule has 0 aliphatic carbocycles. The van der Waals surface area contributed by atoms with Crippen LogP contribution in [0, 0.1) is 19.7 Å². The summed E-state index contributed by atoms with van der Waals surface area (Å²) in [4.78, 5) is 14.3. The molecule has 0 fully saturated rings. The van der Waals surface area contributed by atoms with Crippen LogP contribution < -0.4 is 10.7 Å². The molecule has 1 aliphatic heterocycles. The number of alkyl halides is 1. The van der Waals surface area contributed by atoms with Crippen molar-refractivity contribution in [3.8, 4) is 0 Å². The van der Waals surface area contributed by atoms with Crippen molar-refractivity contribution in [1.29, 1.82) is 0 Å². The Labute approximate surface area is 206 Å². The molecule has 2 aromatic carbocycles. The van der Waals surface area contributed by atoms with Crippen molar-refractivity contribution in [2.75, 3.05) is 18.6 Å². The van der Waals surface area contributed by atoms with Crippen LogP contribution in [0.3, 0.4) is 0 Å². The first-order valence-electron chi connectivity index (χ1n) is 10.2. The maximum Gasteiger partial charge on any atom is 0.434 e. The van der Waals surface area contributed by atoms with Crippen LogP contribution in [0.25, 0.3) is 0 Å². The number of aromatic amines is 1. The summed E-state index contributed by atoms with van der Waals surface area (Å²) in [6.07, 6.45) is 0. The molecule has 3 aromatic rings. The summed E-state index contributed by atoms with van der Waals surface area (Å²) in [5.74, 6) is -1.59. The average Bonchev–Trinajstić information content (AvgIpc) is 3.19. The number of anilines is 1. The molecule has 1 aromatic heterocycles. The molecule has 4 rings (SSSR count). The predicted octanol–water partition coefficient (Wildman–Crippen LogP) is 4.94. The monoisotopic (exact) mass is 556 g/mol. The molecule has 0 saturated heterocycles. The van der Waals surface area contributed by atoms with Gasteiger partial charge in [0.1, 0.15) is 22.8 Å². The van der Waals surface area contributed by atoms with Crippen molar-refractivity contribution >= 4 is 44.2 Å². The highest BCUT2D eigenvalue weighted by molar-refractivity contribution is 9.08. The van der Waals surface area contributed by atoms with Crippen molar-refractivity contribution in [2.45, 2.75) is 43.0 Å². The lowest BCUT2D eigenvalue weighted by atomic mass is 9.87. The third-order valence-electron chi connectivity index (χ3n) is 6.08. The van der Waals surface area contributed by atoms with Crippen LogP contribution in [0.15, 0.2) is 38.4 Å². The van der Waals surface area contributed by atoms with E-state index < -0.39 is 28.7 Å². The number of aryl methyl sites for hydroxylation is 1. The zero-order valence-corrected chi connectivity index (χ0v) is 21.6. The van der Waals surface area contributed by atoms with E-state index in [1.807, 2.05) is 32.7 Å². The summed E-state index contributed by atoms with van der Waals surface area (Å²) < 4.78 is 36.0. The molecule has 0 saturated carbocycles. The molecule has 0 bridgehead atoms. The summed E-state index contributed by atoms with van der Waals surface area (Å²) in [6, 6.07) is 5.90. The van der Waals surface area contributed by atoms with Crippen molar-refractivity contribution in [2.24, 2.45) is 0 Å². The van der Waals surface area contributed by atoms with E-state index >= 15 is 4.39 Å². The molecule has 0 amide bonds. The second kappa shape index (κ2) is 9.32. The smallest absolute Gasteiger partial charge is 0.391 e. The molecular weight excluding hydrogens is 535 g/mol. The minimum Gasteiger partial charge on any atom is -0.391 e. The lowest BCUT2D eigenvalue weighted by Crippen LogP contribution is -2.45. The number of hydrogen-bond acceptors (Lipinski definition) is 5. The summed E-state index contributed by atoms with van der Waals surface area (Å²) in [5.41, 5.74) is 3.71. The Morgan fingerprint density at radius 1 is 1.36 bits per heavy atom. The van der Waals surface area contributed by atoms with E-state index in [0.29, 0.717) is 20.8 Å². The zero-order chi connectivity index (χ0) is 24.0. The topological polar surface area (TPSA) is 82.4 Å². The molecular formula is C22H23BrClFN4O3S. The van der Waals surface area contributed by atoms with Gasteiger partial charge in [0.25, 0.3) is 0 Å². The van der Waals surface area contributed by atoms with E-state index in [1.165, 1.54) is 6.07 Å². The lowest BCUT2D eigenvalue weighted by molar-refractivity contribution is 0.247. The van der Waals surface area contributed by atoms with E-state index in [4.69, 9.17) is 16.0 Å². The zero-order valence-electron chi connectivity index (χ0n) is 18.5. The maximum atomic E-state index is 15.1. The average molecular weight is 558 g/mol. The van der Waals surface area contributed by atoms with Crippen LogP contribution >= 0.6 is 27.5 Å². The highest BCUT2D eigenvalue weighted by Gasteiger charge is 2.41. The highest BCUT2D eigenvalue weighted by atomic mass is 79.9. The Hall–Kier alpha value is -2.01. The largest absolute Gasteiger partial charge is 0.434 e. The molecule has 2 heterocycles. The quantitative estimate of drug-likeness (QED) is 0.449. The van der Waals surface area contributed by atoms with Crippen molar-refractivity contribution < 1.29 is 13.0 Å². The third-order valence-corrected chi connectivity index (χ3v) is 8.50. The first kappa shape index (κ1) is 24.1. The maximum absolute atomic E-state index is 15.1. The molecule has 3 atom stereocenters. The van der Waals surface area contributed by atoms with Crippen molar-refractivity contribution in [3.05, 3.63) is 73.8 Å². The van der Waals surface area contributed by atoms with Crippen LogP contribution in [0.1, 0.15) is 47.0 Å². The molecule has 176 valence electrons. The van der Waals surface area contributed by atoms with Gasteiger partial charge in [-0.15, -0.1) is 5.10 Å². The number of fused-ring (bicyclic) bond motifs is 1. The summed E-state index contributed by atoms with van der Waals surface area (Å²) >= 11 is 9.74. The van der Waals surface area contributed by atoms with Crippen LogP contribution in [-0.4, -0.2) is 32.4 Å². The second-order valence-corrected chi connectivity index (χ2v) is 10.5. The number of nitrogens with zero attached hydrogens (tertiary/aromatic N) is 3. The highest BCUT2D eigenvalue weighted by Crippen LogP contribution is 2.44.